The molecule has 0 N–H and O–H groups in total. The van der Waals surface area contributed by atoms with Gasteiger partial charge in [0, 0.05) is 49.8 Å². The number of pyridine rings is 1. The fourth-order valence-electron chi connectivity index (χ4n) is 4.69. The summed E-state index contributed by atoms with van der Waals surface area (Å²) in [5.41, 5.74) is 4.87. The third kappa shape index (κ3) is 4.16. The van der Waals surface area contributed by atoms with Crippen molar-refractivity contribution in [1.82, 2.24) is 14.3 Å². The summed E-state index contributed by atoms with van der Waals surface area (Å²) in [6.45, 7) is 1.99. The molecule has 0 amide bonds. The Morgan fingerprint density at radius 1 is 0.784 bits per heavy atom. The maximum absolute atomic E-state index is 6.24. The molecule has 184 valence electrons. The van der Waals surface area contributed by atoms with Crippen LogP contribution < -0.4 is 9.64 Å². The van der Waals surface area contributed by atoms with Crippen LogP contribution in [0.15, 0.2) is 104 Å². The number of benzene rings is 4. The van der Waals surface area contributed by atoms with E-state index in [0.717, 1.165) is 44.3 Å². The Bertz CT molecular complexity index is 1780. The monoisotopic (exact) mass is 660 g/mol. The molecule has 0 saturated heterocycles. The summed E-state index contributed by atoms with van der Waals surface area (Å²) in [4.78, 5) is 9.02. The summed E-state index contributed by atoms with van der Waals surface area (Å²) < 4.78 is 8.39. The number of ether oxygens (including phenoxy) is 1. The molecule has 6 aromatic rings. The minimum atomic E-state index is 0. The minimum absolute atomic E-state index is 0. The van der Waals surface area contributed by atoms with Crippen LogP contribution in [0.25, 0.3) is 38.6 Å². The number of aromatic nitrogens is 2. The van der Waals surface area contributed by atoms with E-state index in [4.69, 9.17) is 9.72 Å². The van der Waals surface area contributed by atoms with Crippen molar-refractivity contribution in [1.29, 1.82) is 0 Å². The van der Waals surface area contributed by atoms with Gasteiger partial charge < -0.3 is 18.9 Å². The van der Waals surface area contributed by atoms with Gasteiger partial charge in [0.15, 0.2) is 0 Å². The van der Waals surface area contributed by atoms with E-state index in [1.54, 1.807) is 0 Å². The first-order valence-corrected chi connectivity index (χ1v) is 11.8. The Hall–Kier alpha value is -4.08. The third-order valence-corrected chi connectivity index (χ3v) is 6.39. The fourth-order valence-corrected chi connectivity index (χ4v) is 4.69. The zero-order valence-corrected chi connectivity index (χ0v) is 22.2. The molecule has 0 radical (unpaired) electrons. The standard InChI is InChI=1S/C31H21N4O.Pt/c1-33-16-17-34(21-33)23-10-7-11-24(18-23)36-25-14-15-26-27-12-5-6-13-30(27)35-20-29(22-8-3-2-4-9-22)32-31(35)28(26)19-25;/h2-17,20-21H,1H3;/q-3;. The first-order valence-electron chi connectivity index (χ1n) is 11.8. The van der Waals surface area contributed by atoms with Crippen LogP contribution in [0, 0.1) is 18.8 Å². The molecule has 0 unspecified atom stereocenters. The fraction of sp³-hybridized carbons (Fsp3) is 0.0323. The quantitative estimate of drug-likeness (QED) is 0.150. The third-order valence-electron chi connectivity index (χ3n) is 6.39. The molecule has 6 heteroatoms. The summed E-state index contributed by atoms with van der Waals surface area (Å²) in [6.07, 6.45) is 6.08. The first-order chi connectivity index (χ1) is 17.7. The van der Waals surface area contributed by atoms with Crippen LogP contribution in [0.3, 0.4) is 0 Å². The van der Waals surface area contributed by atoms with Gasteiger partial charge in [-0.1, -0.05) is 65.4 Å². The van der Waals surface area contributed by atoms with Crippen molar-refractivity contribution >= 4 is 33.0 Å². The zero-order chi connectivity index (χ0) is 24.1. The molecule has 5 nitrogen and oxygen atoms in total. The van der Waals surface area contributed by atoms with Gasteiger partial charge in [0.2, 0.25) is 0 Å². The number of hydrogen-bond donors (Lipinski definition) is 0. The second-order valence-corrected chi connectivity index (χ2v) is 8.80. The average molecular weight is 661 g/mol. The van der Waals surface area contributed by atoms with Crippen molar-refractivity contribution in [3.63, 3.8) is 0 Å². The molecule has 0 aliphatic carbocycles. The van der Waals surface area contributed by atoms with Crippen LogP contribution in [0.5, 0.6) is 11.5 Å². The Balaban J connectivity index is 0.00000252. The molecule has 0 saturated carbocycles. The van der Waals surface area contributed by atoms with Crippen LogP contribution >= 0.6 is 0 Å². The van der Waals surface area contributed by atoms with Crippen LogP contribution in [-0.2, 0) is 21.1 Å². The molecule has 1 aliphatic rings. The van der Waals surface area contributed by atoms with E-state index >= 15 is 0 Å². The Morgan fingerprint density at radius 2 is 1.59 bits per heavy atom. The molecule has 0 bridgehead atoms. The van der Waals surface area contributed by atoms with E-state index in [1.165, 1.54) is 0 Å². The predicted molar refractivity (Wildman–Crippen MR) is 144 cm³/mol. The maximum atomic E-state index is 6.24. The van der Waals surface area contributed by atoms with E-state index in [9.17, 15) is 0 Å². The van der Waals surface area contributed by atoms with Gasteiger partial charge in [-0.3, -0.25) is 4.98 Å². The second-order valence-electron chi connectivity index (χ2n) is 8.80. The summed E-state index contributed by atoms with van der Waals surface area (Å²) >= 11 is 0. The number of anilines is 1. The van der Waals surface area contributed by atoms with Gasteiger partial charge >= 0.3 is 0 Å². The maximum Gasteiger partial charge on any atom is 0.0771 e. The van der Waals surface area contributed by atoms with Gasteiger partial charge in [0.05, 0.1) is 11.3 Å². The molecular weight excluding hydrogens is 639 g/mol. The Kier molecular flexibility index (Phi) is 5.94. The Labute approximate surface area is 229 Å². The predicted octanol–water partition coefficient (Wildman–Crippen LogP) is 7.04. The second kappa shape index (κ2) is 9.42. The molecular formula is C31H21N4OPt-3. The number of rotatable bonds is 4. The van der Waals surface area contributed by atoms with Crippen molar-refractivity contribution in [2.75, 3.05) is 11.9 Å². The molecule has 0 atom stereocenters. The van der Waals surface area contributed by atoms with Crippen molar-refractivity contribution in [2.45, 2.75) is 0 Å². The summed E-state index contributed by atoms with van der Waals surface area (Å²) in [7, 11) is 1.99. The molecule has 1 aliphatic heterocycles. The van der Waals surface area contributed by atoms with Gasteiger partial charge in [0.25, 0.3) is 0 Å². The molecule has 7 rings (SSSR count). The Morgan fingerprint density at radius 3 is 2.43 bits per heavy atom. The molecule has 2 aromatic heterocycles. The SMILES string of the molecule is CN1C=CN(c2[c-]c(Oc3[c-]c4c(cc3)c3ccccc3n3cc(-c5ccccc5)nc43)ccc2)[CH-]1.[Pt]. The van der Waals surface area contributed by atoms with Gasteiger partial charge in [-0.2, -0.15) is 12.7 Å². The van der Waals surface area contributed by atoms with Gasteiger partial charge in [0.1, 0.15) is 0 Å². The molecule has 37 heavy (non-hydrogen) atoms. The van der Waals surface area contributed by atoms with Crippen LogP contribution in [-0.4, -0.2) is 21.3 Å². The van der Waals surface area contributed by atoms with Crippen molar-refractivity contribution in [3.05, 3.63) is 122 Å². The smallest absolute Gasteiger partial charge is 0.0771 e. The average Bonchev–Trinajstić information content (AvgIpc) is 3.57. The van der Waals surface area contributed by atoms with E-state index in [1.807, 2.05) is 78.4 Å². The normalized spacial score (nSPS) is 13.0. The topological polar surface area (TPSA) is 33.0 Å². The summed E-state index contributed by atoms with van der Waals surface area (Å²) in [5.74, 6) is 1.25. The number of imidazole rings is 1. The van der Waals surface area contributed by atoms with E-state index in [2.05, 4.69) is 65.2 Å². The van der Waals surface area contributed by atoms with Crippen molar-refractivity contribution < 1.29 is 25.8 Å². The first kappa shape index (κ1) is 23.3. The molecule has 0 fully saturated rings. The van der Waals surface area contributed by atoms with Gasteiger partial charge in [-0.05, 0) is 30.9 Å². The van der Waals surface area contributed by atoms with Crippen molar-refractivity contribution in [3.8, 4) is 22.8 Å². The van der Waals surface area contributed by atoms with Crippen LogP contribution in [0.1, 0.15) is 0 Å². The van der Waals surface area contributed by atoms with Crippen LogP contribution in [0.2, 0.25) is 0 Å². The zero-order valence-electron chi connectivity index (χ0n) is 19.9. The van der Waals surface area contributed by atoms with E-state index in [-0.39, 0.29) is 21.1 Å². The van der Waals surface area contributed by atoms with Gasteiger partial charge in [-0.15, -0.1) is 36.0 Å². The molecule has 4 aromatic carbocycles. The van der Waals surface area contributed by atoms with E-state index in [0.29, 0.717) is 11.5 Å². The van der Waals surface area contributed by atoms with Crippen LogP contribution in [0.4, 0.5) is 5.69 Å². The summed E-state index contributed by atoms with van der Waals surface area (Å²) in [6, 6.07) is 35.4. The largest absolute Gasteiger partial charge is 0.510 e. The number of hydrogen-bond acceptors (Lipinski definition) is 4. The summed E-state index contributed by atoms with van der Waals surface area (Å²) in [5, 5.41) is 3.16. The number of fused-ring (bicyclic) bond motifs is 6. The number of para-hydroxylation sites is 1. The number of nitrogens with zero attached hydrogens (tertiary/aromatic N) is 4. The van der Waals surface area contributed by atoms with E-state index < -0.39 is 0 Å². The minimum Gasteiger partial charge on any atom is -0.510 e. The van der Waals surface area contributed by atoms with Gasteiger partial charge in [-0.25, -0.2) is 0 Å². The molecule has 3 heterocycles. The molecule has 0 spiro atoms. The van der Waals surface area contributed by atoms with Crippen molar-refractivity contribution in [2.24, 2.45) is 0 Å².